The molecule has 0 aliphatic carbocycles. The minimum atomic E-state index is -0.653. The van der Waals surface area contributed by atoms with E-state index in [4.69, 9.17) is 14.6 Å². The van der Waals surface area contributed by atoms with Gasteiger partial charge < -0.3 is 19.9 Å². The van der Waals surface area contributed by atoms with E-state index in [9.17, 15) is 14.4 Å². The monoisotopic (exact) mass is 405 g/mol. The van der Waals surface area contributed by atoms with Crippen LogP contribution in [0.25, 0.3) is 0 Å². The van der Waals surface area contributed by atoms with Crippen molar-refractivity contribution in [2.45, 2.75) is 33.3 Å². The molecule has 2 aromatic rings. The maximum atomic E-state index is 12.2. The number of anilines is 1. The average Bonchev–Trinajstić information content (AvgIpc) is 3.10. The molecule has 0 unspecified atom stereocenters. The number of nitrogens with one attached hydrogen (secondary N) is 1. The Balaban J connectivity index is 2.01. The van der Waals surface area contributed by atoms with Gasteiger partial charge in [0.1, 0.15) is 5.00 Å². The van der Waals surface area contributed by atoms with Crippen LogP contribution in [0.5, 0.6) is 0 Å². The fourth-order valence-corrected chi connectivity index (χ4v) is 3.34. The average molecular weight is 405 g/mol. The second kappa shape index (κ2) is 10.0. The van der Waals surface area contributed by atoms with Crippen LogP contribution in [-0.2, 0) is 20.9 Å². The number of esters is 2. The highest BCUT2D eigenvalue weighted by molar-refractivity contribution is 7.16. The zero-order valence-corrected chi connectivity index (χ0v) is 16.8. The lowest BCUT2D eigenvalue weighted by molar-refractivity contribution is -0.119. The summed E-state index contributed by atoms with van der Waals surface area (Å²) in [5, 5.41) is 12.0. The van der Waals surface area contributed by atoms with E-state index in [1.54, 1.807) is 25.1 Å². The molecule has 1 heterocycles. The Hall–Kier alpha value is -2.71. The predicted molar refractivity (Wildman–Crippen MR) is 106 cm³/mol. The summed E-state index contributed by atoms with van der Waals surface area (Å²) in [5.41, 5.74) is 1.23. The van der Waals surface area contributed by atoms with Gasteiger partial charge in [0.05, 0.1) is 24.3 Å². The van der Waals surface area contributed by atoms with E-state index >= 15 is 0 Å². The Morgan fingerprint density at radius 3 is 2.36 bits per heavy atom. The minimum Gasteiger partial charge on any atom is -0.462 e. The number of hydrogen-bond acceptors (Lipinski definition) is 7. The number of ether oxygens (including phenoxy) is 2. The van der Waals surface area contributed by atoms with Crippen LogP contribution in [0.1, 0.15) is 57.8 Å². The maximum absolute atomic E-state index is 12.2. The Morgan fingerprint density at radius 2 is 1.79 bits per heavy atom. The van der Waals surface area contributed by atoms with Crippen molar-refractivity contribution in [1.82, 2.24) is 0 Å². The number of carbonyl (C=O) groups excluding carboxylic acids is 3. The van der Waals surface area contributed by atoms with Gasteiger partial charge in [-0.05, 0) is 36.6 Å². The zero-order chi connectivity index (χ0) is 20.7. The van der Waals surface area contributed by atoms with E-state index in [2.05, 4.69) is 5.32 Å². The van der Waals surface area contributed by atoms with Crippen LogP contribution < -0.4 is 5.32 Å². The highest BCUT2D eigenvalue weighted by Gasteiger charge is 2.21. The smallest absolute Gasteiger partial charge is 0.341 e. The number of benzene rings is 1. The van der Waals surface area contributed by atoms with Gasteiger partial charge in [-0.3, -0.25) is 4.79 Å². The highest BCUT2D eigenvalue weighted by atomic mass is 32.1. The van der Waals surface area contributed by atoms with Crippen molar-refractivity contribution >= 4 is 34.2 Å². The van der Waals surface area contributed by atoms with Crippen molar-refractivity contribution in [1.29, 1.82) is 0 Å². The van der Waals surface area contributed by atoms with Crippen molar-refractivity contribution in [3.63, 3.8) is 0 Å². The normalized spacial score (nSPS) is 10.6. The summed E-state index contributed by atoms with van der Waals surface area (Å²) in [6, 6.07) is 7.93. The second-order valence-electron chi connectivity index (χ2n) is 6.25. The van der Waals surface area contributed by atoms with Gasteiger partial charge in [0.2, 0.25) is 0 Å². The van der Waals surface area contributed by atoms with Crippen LogP contribution in [0.15, 0.2) is 30.3 Å². The molecule has 0 radical (unpaired) electrons. The van der Waals surface area contributed by atoms with E-state index < -0.39 is 24.5 Å². The molecule has 0 aliphatic rings. The molecule has 2 N–H and O–H groups in total. The maximum Gasteiger partial charge on any atom is 0.341 e. The number of carbonyl (C=O) groups is 3. The standard InChI is InChI=1S/C20H23NO6S/c1-4-26-20(25)15-9-16(12(2)3)28-18(15)21-17(23)11-27-19(24)14-7-5-13(10-22)6-8-14/h5-9,12,22H,4,10-11H2,1-3H3,(H,21,23). The molecule has 28 heavy (non-hydrogen) atoms. The molecule has 0 atom stereocenters. The summed E-state index contributed by atoms with van der Waals surface area (Å²) in [6.07, 6.45) is 0. The van der Waals surface area contributed by atoms with Crippen LogP contribution in [0.2, 0.25) is 0 Å². The Bertz CT molecular complexity index is 841. The molecule has 1 aromatic carbocycles. The third kappa shape index (κ3) is 5.64. The van der Waals surface area contributed by atoms with Crippen molar-refractivity contribution in [2.24, 2.45) is 0 Å². The van der Waals surface area contributed by atoms with Gasteiger partial charge in [0.25, 0.3) is 5.91 Å². The summed E-state index contributed by atoms with van der Waals surface area (Å²) in [4.78, 5) is 37.3. The molecule has 0 spiro atoms. The Labute approximate surface area is 167 Å². The van der Waals surface area contributed by atoms with E-state index in [1.807, 2.05) is 13.8 Å². The molecule has 0 aliphatic heterocycles. The number of aliphatic hydroxyl groups excluding tert-OH is 1. The molecule has 0 bridgehead atoms. The fraction of sp³-hybridized carbons (Fsp3) is 0.350. The van der Waals surface area contributed by atoms with Gasteiger partial charge >= 0.3 is 11.9 Å². The zero-order valence-electron chi connectivity index (χ0n) is 16.0. The number of amides is 1. The third-order valence-electron chi connectivity index (χ3n) is 3.78. The van der Waals surface area contributed by atoms with Crippen molar-refractivity contribution in [3.8, 4) is 0 Å². The fourth-order valence-electron chi connectivity index (χ4n) is 2.27. The van der Waals surface area contributed by atoms with Gasteiger partial charge in [0, 0.05) is 4.88 Å². The minimum absolute atomic E-state index is 0.125. The summed E-state index contributed by atoms with van der Waals surface area (Å²) in [6.45, 7) is 5.29. The molecule has 8 heteroatoms. The molecular weight excluding hydrogens is 382 g/mol. The van der Waals surface area contributed by atoms with E-state index in [-0.39, 0.29) is 30.3 Å². The molecule has 0 saturated carbocycles. The lowest BCUT2D eigenvalue weighted by Gasteiger charge is -2.07. The molecule has 1 aromatic heterocycles. The molecule has 0 fully saturated rings. The molecule has 7 nitrogen and oxygen atoms in total. The van der Waals surface area contributed by atoms with Crippen LogP contribution >= 0.6 is 11.3 Å². The summed E-state index contributed by atoms with van der Waals surface area (Å²) in [5.74, 6) is -1.53. The Morgan fingerprint density at radius 1 is 1.11 bits per heavy atom. The van der Waals surface area contributed by atoms with Gasteiger partial charge in [-0.25, -0.2) is 9.59 Å². The number of rotatable bonds is 8. The topological polar surface area (TPSA) is 102 Å². The number of aliphatic hydroxyl groups is 1. The van der Waals surface area contributed by atoms with Crippen LogP contribution in [0.4, 0.5) is 5.00 Å². The summed E-state index contributed by atoms with van der Waals surface area (Å²) in [7, 11) is 0. The molecule has 150 valence electrons. The van der Waals surface area contributed by atoms with Gasteiger partial charge in [0.15, 0.2) is 6.61 Å². The quantitative estimate of drug-likeness (QED) is 0.653. The number of hydrogen-bond donors (Lipinski definition) is 2. The first kappa shape index (κ1) is 21.6. The van der Waals surface area contributed by atoms with E-state index in [0.717, 1.165) is 4.88 Å². The van der Waals surface area contributed by atoms with Crippen LogP contribution in [-0.4, -0.2) is 36.2 Å². The second-order valence-corrected chi connectivity index (χ2v) is 7.33. The first-order valence-electron chi connectivity index (χ1n) is 8.83. The summed E-state index contributed by atoms with van der Waals surface area (Å²) >= 11 is 1.29. The van der Waals surface area contributed by atoms with Crippen molar-refractivity contribution in [3.05, 3.63) is 51.9 Å². The van der Waals surface area contributed by atoms with E-state index in [1.165, 1.54) is 23.5 Å². The molecule has 0 saturated heterocycles. The van der Waals surface area contributed by atoms with Gasteiger partial charge in [-0.1, -0.05) is 26.0 Å². The first-order valence-corrected chi connectivity index (χ1v) is 9.65. The van der Waals surface area contributed by atoms with E-state index in [0.29, 0.717) is 10.6 Å². The van der Waals surface area contributed by atoms with Gasteiger partial charge in [-0.2, -0.15) is 0 Å². The summed E-state index contributed by atoms with van der Waals surface area (Å²) < 4.78 is 10.0. The first-order chi connectivity index (χ1) is 13.3. The lowest BCUT2D eigenvalue weighted by atomic mass is 10.1. The largest absolute Gasteiger partial charge is 0.462 e. The Kier molecular flexibility index (Phi) is 7.71. The van der Waals surface area contributed by atoms with Crippen LogP contribution in [0, 0.1) is 0 Å². The number of thiophene rings is 1. The molecular formula is C20H23NO6S. The van der Waals surface area contributed by atoms with Crippen molar-refractivity contribution in [2.75, 3.05) is 18.5 Å². The van der Waals surface area contributed by atoms with Gasteiger partial charge in [-0.15, -0.1) is 11.3 Å². The predicted octanol–water partition coefficient (Wildman–Crippen LogP) is 3.34. The van der Waals surface area contributed by atoms with Crippen molar-refractivity contribution < 1.29 is 29.0 Å². The highest BCUT2D eigenvalue weighted by Crippen LogP contribution is 2.33. The lowest BCUT2D eigenvalue weighted by Crippen LogP contribution is -2.21. The third-order valence-corrected chi connectivity index (χ3v) is 5.13. The SMILES string of the molecule is CCOC(=O)c1cc(C(C)C)sc1NC(=O)COC(=O)c1ccc(CO)cc1. The molecule has 1 amide bonds. The van der Waals surface area contributed by atoms with Crippen LogP contribution in [0.3, 0.4) is 0 Å². The molecule has 2 rings (SSSR count).